The fourth-order valence-corrected chi connectivity index (χ4v) is 5.58. The van der Waals surface area contributed by atoms with Gasteiger partial charge in [0.15, 0.2) is 11.5 Å². The average Bonchev–Trinajstić information content (AvgIpc) is 3.52. The number of fused-ring (bicyclic) bond motifs is 2. The van der Waals surface area contributed by atoms with Crippen molar-refractivity contribution in [1.29, 1.82) is 0 Å². The first-order chi connectivity index (χ1) is 21.7. The second-order valence-corrected chi connectivity index (χ2v) is 11.8. The summed E-state index contributed by atoms with van der Waals surface area (Å²) in [6.07, 6.45) is -0.101. The highest BCUT2D eigenvalue weighted by Gasteiger charge is 2.32. The SMILES string of the molecule is C[C@H]1CN([C@@H](C)CO)C(=O)Cc2cc(NC(=O)CCN3CCOCC3)ccc2O[C@H]1CN(C)C(=O)Nc1ccc2c(c1)OCO2. The quantitative estimate of drug-likeness (QED) is 0.383. The highest BCUT2D eigenvalue weighted by Crippen LogP contribution is 2.34. The molecule has 1 fully saturated rings. The Labute approximate surface area is 263 Å². The van der Waals surface area contributed by atoms with E-state index in [2.05, 4.69) is 15.5 Å². The van der Waals surface area contributed by atoms with Gasteiger partial charge in [-0.15, -0.1) is 0 Å². The Balaban J connectivity index is 1.30. The van der Waals surface area contributed by atoms with Crippen LogP contribution in [0.25, 0.3) is 0 Å². The first-order valence-corrected chi connectivity index (χ1v) is 15.4. The fourth-order valence-electron chi connectivity index (χ4n) is 5.58. The lowest BCUT2D eigenvalue weighted by Gasteiger charge is -2.34. The Morgan fingerprint density at radius 3 is 2.51 bits per heavy atom. The number of carbonyl (C=O) groups is 3. The molecule has 1 saturated heterocycles. The number of hydrogen-bond donors (Lipinski definition) is 3. The molecule has 5 rings (SSSR count). The van der Waals surface area contributed by atoms with E-state index in [0.717, 1.165) is 13.1 Å². The van der Waals surface area contributed by atoms with Gasteiger partial charge in [0.05, 0.1) is 38.8 Å². The van der Waals surface area contributed by atoms with Gasteiger partial charge in [-0.25, -0.2) is 4.79 Å². The number of aliphatic hydroxyl groups is 1. The molecule has 0 radical (unpaired) electrons. The maximum atomic E-state index is 13.5. The molecule has 3 N–H and O–H groups in total. The Morgan fingerprint density at radius 1 is 1.04 bits per heavy atom. The summed E-state index contributed by atoms with van der Waals surface area (Å²) in [5.74, 6) is 1.24. The van der Waals surface area contributed by atoms with Crippen molar-refractivity contribution in [3.63, 3.8) is 0 Å². The van der Waals surface area contributed by atoms with Crippen LogP contribution in [0.5, 0.6) is 17.2 Å². The first kappa shape index (κ1) is 32.3. The minimum Gasteiger partial charge on any atom is -0.488 e. The third kappa shape index (κ3) is 8.35. The maximum absolute atomic E-state index is 13.5. The maximum Gasteiger partial charge on any atom is 0.321 e. The van der Waals surface area contributed by atoms with Crippen LogP contribution in [0.2, 0.25) is 0 Å². The molecule has 13 nitrogen and oxygen atoms in total. The molecule has 0 aromatic heterocycles. The molecule has 2 aromatic rings. The van der Waals surface area contributed by atoms with Gasteiger partial charge in [0, 0.05) is 68.6 Å². The molecule has 0 aliphatic carbocycles. The summed E-state index contributed by atoms with van der Waals surface area (Å²) in [4.78, 5) is 44.8. The first-order valence-electron chi connectivity index (χ1n) is 15.4. The van der Waals surface area contributed by atoms with Crippen molar-refractivity contribution >= 4 is 29.2 Å². The number of urea groups is 1. The van der Waals surface area contributed by atoms with E-state index < -0.39 is 12.1 Å². The zero-order valence-electron chi connectivity index (χ0n) is 26.1. The molecule has 4 amide bonds. The summed E-state index contributed by atoms with van der Waals surface area (Å²) in [5.41, 5.74) is 1.76. The number of amides is 4. The van der Waals surface area contributed by atoms with E-state index in [1.165, 1.54) is 4.90 Å². The average molecular weight is 626 g/mol. The summed E-state index contributed by atoms with van der Waals surface area (Å²) in [6.45, 7) is 7.89. The molecule has 0 bridgehead atoms. The van der Waals surface area contributed by atoms with Crippen molar-refractivity contribution < 1.29 is 38.4 Å². The van der Waals surface area contributed by atoms with Gasteiger partial charge < -0.3 is 44.5 Å². The molecular formula is C32H43N5O8. The monoisotopic (exact) mass is 625 g/mol. The lowest BCUT2D eigenvalue weighted by atomic mass is 10.0. The van der Waals surface area contributed by atoms with Gasteiger partial charge in [0.1, 0.15) is 11.9 Å². The molecule has 3 aliphatic heterocycles. The summed E-state index contributed by atoms with van der Waals surface area (Å²) in [5, 5.41) is 15.8. The fraction of sp³-hybridized carbons (Fsp3) is 0.531. The Morgan fingerprint density at radius 2 is 1.76 bits per heavy atom. The van der Waals surface area contributed by atoms with Crippen molar-refractivity contribution in [1.82, 2.24) is 14.7 Å². The van der Waals surface area contributed by atoms with Gasteiger partial charge in [-0.3, -0.25) is 14.5 Å². The smallest absolute Gasteiger partial charge is 0.321 e. The molecule has 3 heterocycles. The van der Waals surface area contributed by atoms with Crippen LogP contribution in [0.4, 0.5) is 16.2 Å². The molecule has 0 saturated carbocycles. The number of carbonyl (C=O) groups excluding carboxylic acids is 3. The number of hydrogen-bond acceptors (Lipinski definition) is 9. The Kier molecular flexibility index (Phi) is 10.6. The van der Waals surface area contributed by atoms with Gasteiger partial charge >= 0.3 is 6.03 Å². The van der Waals surface area contributed by atoms with Crippen LogP contribution in [0, 0.1) is 5.92 Å². The van der Waals surface area contributed by atoms with Gasteiger partial charge in [0.25, 0.3) is 0 Å². The number of nitrogens with one attached hydrogen (secondary N) is 2. The normalized spacial score (nSPS) is 20.6. The molecular weight excluding hydrogens is 582 g/mol. The van der Waals surface area contributed by atoms with Crippen LogP contribution in [-0.2, 0) is 20.7 Å². The van der Waals surface area contributed by atoms with Crippen LogP contribution in [0.15, 0.2) is 36.4 Å². The van der Waals surface area contributed by atoms with E-state index in [1.807, 2.05) is 6.92 Å². The number of likely N-dealkylation sites (N-methyl/N-ethyl adjacent to an activating group) is 1. The number of morpholine rings is 1. The molecule has 2 aromatic carbocycles. The number of anilines is 2. The van der Waals surface area contributed by atoms with E-state index in [0.29, 0.717) is 66.9 Å². The summed E-state index contributed by atoms with van der Waals surface area (Å²) in [7, 11) is 1.68. The largest absolute Gasteiger partial charge is 0.488 e. The zero-order valence-corrected chi connectivity index (χ0v) is 26.1. The van der Waals surface area contributed by atoms with E-state index in [1.54, 1.807) is 55.3 Å². The molecule has 45 heavy (non-hydrogen) atoms. The van der Waals surface area contributed by atoms with Crippen molar-refractivity contribution in [2.24, 2.45) is 5.92 Å². The van der Waals surface area contributed by atoms with Crippen LogP contribution in [-0.4, -0.2) is 116 Å². The highest BCUT2D eigenvalue weighted by molar-refractivity contribution is 5.91. The van der Waals surface area contributed by atoms with Crippen molar-refractivity contribution in [2.45, 2.75) is 38.8 Å². The molecule has 13 heteroatoms. The van der Waals surface area contributed by atoms with Gasteiger partial charge in [0.2, 0.25) is 18.6 Å². The number of aliphatic hydroxyl groups excluding tert-OH is 1. The second kappa shape index (κ2) is 14.8. The number of ether oxygens (including phenoxy) is 4. The molecule has 244 valence electrons. The standard InChI is InChI=1S/C32H43N5O8/c1-21-17-37(22(2)19-38)31(40)15-23-14-24(33-30(39)8-9-36-10-12-42-13-11-36)4-6-26(23)45-29(21)18-35(3)32(41)34-25-5-7-27-28(16-25)44-20-43-27/h4-7,14,16,21-22,29,38H,8-13,15,17-20H2,1-3H3,(H,33,39)(H,34,41)/t21-,22-,29-/m0/s1. The van der Waals surface area contributed by atoms with Gasteiger partial charge in [-0.1, -0.05) is 6.92 Å². The van der Waals surface area contributed by atoms with E-state index >= 15 is 0 Å². The second-order valence-electron chi connectivity index (χ2n) is 11.8. The van der Waals surface area contributed by atoms with Crippen LogP contribution in [0.3, 0.4) is 0 Å². The lowest BCUT2D eigenvalue weighted by Crippen LogP contribution is -2.48. The number of nitrogens with zero attached hydrogens (tertiary/aromatic N) is 3. The topological polar surface area (TPSA) is 142 Å². The predicted octanol–water partition coefficient (Wildman–Crippen LogP) is 2.39. The summed E-state index contributed by atoms with van der Waals surface area (Å²) < 4.78 is 22.7. The molecule has 0 unspecified atom stereocenters. The van der Waals surface area contributed by atoms with Gasteiger partial charge in [-0.2, -0.15) is 0 Å². The molecule has 3 aliphatic rings. The lowest BCUT2D eigenvalue weighted by molar-refractivity contribution is -0.134. The molecule has 0 spiro atoms. The Hall–Kier alpha value is -4.07. The number of rotatable bonds is 9. The van der Waals surface area contributed by atoms with Crippen molar-refractivity contribution in [2.75, 3.05) is 77.0 Å². The Bertz CT molecular complexity index is 1370. The van der Waals surface area contributed by atoms with E-state index in [-0.39, 0.29) is 50.1 Å². The van der Waals surface area contributed by atoms with Crippen LogP contribution in [0.1, 0.15) is 25.8 Å². The highest BCUT2D eigenvalue weighted by atomic mass is 16.7. The summed E-state index contributed by atoms with van der Waals surface area (Å²) >= 11 is 0. The van der Waals surface area contributed by atoms with E-state index in [4.69, 9.17) is 18.9 Å². The summed E-state index contributed by atoms with van der Waals surface area (Å²) in [6, 6.07) is 9.75. The molecule has 3 atom stereocenters. The van der Waals surface area contributed by atoms with Crippen LogP contribution < -0.4 is 24.8 Å². The number of benzene rings is 2. The van der Waals surface area contributed by atoms with Crippen molar-refractivity contribution in [3.8, 4) is 17.2 Å². The minimum atomic E-state index is -0.482. The minimum absolute atomic E-state index is 0.0387. The third-order valence-electron chi connectivity index (χ3n) is 8.38. The van der Waals surface area contributed by atoms with E-state index in [9.17, 15) is 19.5 Å². The van der Waals surface area contributed by atoms with Gasteiger partial charge in [-0.05, 0) is 37.3 Å². The zero-order chi connectivity index (χ0) is 31.9. The van der Waals surface area contributed by atoms with Crippen LogP contribution >= 0.6 is 0 Å². The predicted molar refractivity (Wildman–Crippen MR) is 167 cm³/mol. The third-order valence-corrected chi connectivity index (χ3v) is 8.38. The van der Waals surface area contributed by atoms with Crippen molar-refractivity contribution in [3.05, 3.63) is 42.0 Å².